The van der Waals surface area contributed by atoms with Gasteiger partial charge in [-0.05, 0) is 46.9 Å². The minimum absolute atomic E-state index is 0.310. The Morgan fingerprint density at radius 1 is 1.10 bits per heavy atom. The van der Waals surface area contributed by atoms with Crippen molar-refractivity contribution in [1.82, 2.24) is 0 Å². The smallest absolute Gasteiger partial charge is 0.310 e. The summed E-state index contributed by atoms with van der Waals surface area (Å²) in [5.41, 5.74) is 0.659. The molecule has 20 heavy (non-hydrogen) atoms. The fourth-order valence-corrected chi connectivity index (χ4v) is 3.03. The number of anilines is 1. The number of aliphatic carboxylic acids is 1. The van der Waals surface area contributed by atoms with E-state index in [0.717, 1.165) is 3.57 Å². The van der Waals surface area contributed by atoms with Gasteiger partial charge in [-0.3, -0.25) is 9.59 Å². The van der Waals surface area contributed by atoms with Gasteiger partial charge in [0.2, 0.25) is 5.91 Å². The van der Waals surface area contributed by atoms with Gasteiger partial charge in [-0.15, -0.1) is 0 Å². The first-order valence-corrected chi connectivity index (χ1v) is 7.27. The van der Waals surface area contributed by atoms with Crippen molar-refractivity contribution in [3.05, 3.63) is 40.0 Å². The molecular formula is C14H12INO4. The normalized spacial score (nSPS) is 30.4. The van der Waals surface area contributed by atoms with Gasteiger partial charge in [-0.25, -0.2) is 0 Å². The second-order valence-corrected chi connectivity index (χ2v) is 6.08. The van der Waals surface area contributed by atoms with Crippen molar-refractivity contribution >= 4 is 40.2 Å². The highest BCUT2D eigenvalue weighted by Gasteiger charge is 2.53. The lowest BCUT2D eigenvalue weighted by Gasteiger charge is -2.20. The average molecular weight is 385 g/mol. The van der Waals surface area contributed by atoms with Gasteiger partial charge in [0.25, 0.3) is 0 Å². The minimum Gasteiger partial charge on any atom is -0.481 e. The molecule has 0 spiro atoms. The molecule has 0 unspecified atom stereocenters. The topological polar surface area (TPSA) is 75.6 Å². The minimum atomic E-state index is -0.996. The van der Waals surface area contributed by atoms with Gasteiger partial charge >= 0.3 is 5.97 Å². The number of carboxylic acid groups (broad SMARTS) is 1. The van der Waals surface area contributed by atoms with Crippen LogP contribution in [0.2, 0.25) is 0 Å². The Bertz CT molecular complexity index is 583. The summed E-state index contributed by atoms with van der Waals surface area (Å²) < 4.78 is 6.55. The molecule has 1 saturated heterocycles. The maximum Gasteiger partial charge on any atom is 0.310 e. The lowest BCUT2D eigenvalue weighted by Crippen LogP contribution is -2.39. The molecule has 1 amide bonds. The molecule has 5 nitrogen and oxygen atoms in total. The Labute approximate surface area is 129 Å². The molecule has 2 bridgehead atoms. The number of carboxylic acids is 1. The van der Waals surface area contributed by atoms with Crippen molar-refractivity contribution in [2.45, 2.75) is 12.2 Å². The number of benzene rings is 1. The zero-order valence-electron chi connectivity index (χ0n) is 10.3. The van der Waals surface area contributed by atoms with E-state index in [4.69, 9.17) is 4.74 Å². The Hall–Kier alpha value is -1.41. The van der Waals surface area contributed by atoms with Gasteiger partial charge in [0.05, 0.1) is 18.1 Å². The number of carbonyl (C=O) groups excluding carboxylic acids is 1. The second-order valence-electron chi connectivity index (χ2n) is 4.84. The van der Waals surface area contributed by atoms with Crippen molar-refractivity contribution < 1.29 is 19.4 Å². The largest absolute Gasteiger partial charge is 0.481 e. The maximum atomic E-state index is 12.3. The molecule has 1 fully saturated rings. The standard InChI is InChI=1S/C14H12INO4/c15-7-1-3-8(4-2-7)16-13(17)11-9-5-6-10(20-9)12(11)14(18)19/h1-6,9-12H,(H,16,17)(H,18,19)/t9-,10-,11+,12-/m1/s1. The van der Waals surface area contributed by atoms with E-state index in [9.17, 15) is 14.7 Å². The number of rotatable bonds is 3. The fraction of sp³-hybridized carbons (Fsp3) is 0.286. The second kappa shape index (κ2) is 5.17. The van der Waals surface area contributed by atoms with Crippen molar-refractivity contribution in [1.29, 1.82) is 0 Å². The van der Waals surface area contributed by atoms with E-state index in [1.807, 2.05) is 12.1 Å². The van der Waals surface area contributed by atoms with Crippen LogP contribution >= 0.6 is 22.6 Å². The summed E-state index contributed by atoms with van der Waals surface area (Å²) in [4.78, 5) is 23.6. The quantitative estimate of drug-likeness (QED) is 0.616. The van der Waals surface area contributed by atoms with Crippen LogP contribution in [0.1, 0.15) is 0 Å². The molecule has 0 saturated carbocycles. The van der Waals surface area contributed by atoms with E-state index in [0.29, 0.717) is 5.69 Å². The highest BCUT2D eigenvalue weighted by atomic mass is 127. The molecule has 2 aliphatic heterocycles. The summed E-state index contributed by atoms with van der Waals surface area (Å²) in [6.45, 7) is 0. The summed E-state index contributed by atoms with van der Waals surface area (Å²) >= 11 is 2.18. The summed E-state index contributed by atoms with van der Waals surface area (Å²) in [7, 11) is 0. The summed E-state index contributed by atoms with van der Waals surface area (Å²) in [6.07, 6.45) is 2.55. The summed E-state index contributed by atoms with van der Waals surface area (Å²) in [5.74, 6) is -2.80. The summed E-state index contributed by atoms with van der Waals surface area (Å²) in [6, 6.07) is 7.34. The van der Waals surface area contributed by atoms with Crippen LogP contribution in [0, 0.1) is 15.4 Å². The molecule has 3 rings (SSSR count). The van der Waals surface area contributed by atoms with Crippen LogP contribution in [-0.2, 0) is 14.3 Å². The number of hydrogen-bond acceptors (Lipinski definition) is 3. The molecule has 104 valence electrons. The summed E-state index contributed by atoms with van der Waals surface area (Å²) in [5, 5.41) is 12.0. The number of carbonyl (C=O) groups is 2. The number of hydrogen-bond donors (Lipinski definition) is 2. The molecule has 6 heteroatoms. The average Bonchev–Trinajstić information content (AvgIpc) is 3.01. The molecule has 0 radical (unpaired) electrons. The van der Waals surface area contributed by atoms with Gasteiger partial charge in [0.1, 0.15) is 5.92 Å². The number of ether oxygens (including phenoxy) is 1. The molecule has 2 heterocycles. The Morgan fingerprint density at radius 3 is 2.30 bits per heavy atom. The van der Waals surface area contributed by atoms with Crippen LogP contribution in [0.4, 0.5) is 5.69 Å². The predicted octanol–water partition coefficient (Wildman–Crippen LogP) is 1.88. The van der Waals surface area contributed by atoms with Gasteiger partial charge in [-0.2, -0.15) is 0 Å². The van der Waals surface area contributed by atoms with E-state index >= 15 is 0 Å². The highest BCUT2D eigenvalue weighted by Crippen LogP contribution is 2.39. The maximum absolute atomic E-state index is 12.3. The fourth-order valence-electron chi connectivity index (χ4n) is 2.67. The number of nitrogens with one attached hydrogen (secondary N) is 1. The van der Waals surface area contributed by atoms with Gasteiger partial charge in [0.15, 0.2) is 0 Å². The van der Waals surface area contributed by atoms with E-state index in [-0.39, 0.29) is 5.91 Å². The first kappa shape index (κ1) is 13.6. The third-order valence-corrected chi connectivity index (χ3v) is 4.32. The molecule has 1 aromatic rings. The Morgan fingerprint density at radius 2 is 1.70 bits per heavy atom. The molecule has 2 N–H and O–H groups in total. The first-order valence-electron chi connectivity index (χ1n) is 6.19. The van der Waals surface area contributed by atoms with E-state index < -0.39 is 30.0 Å². The molecular weight excluding hydrogens is 373 g/mol. The van der Waals surface area contributed by atoms with E-state index in [2.05, 4.69) is 27.9 Å². The number of fused-ring (bicyclic) bond motifs is 2. The lowest BCUT2D eigenvalue weighted by molar-refractivity contribution is -0.145. The Balaban J connectivity index is 1.78. The van der Waals surface area contributed by atoms with Crippen LogP contribution in [0.3, 0.4) is 0 Å². The zero-order valence-corrected chi connectivity index (χ0v) is 12.5. The SMILES string of the molecule is O=C(Nc1ccc(I)cc1)[C@@H]1[C@H](C(=O)O)[C@H]2C=C[C@H]1O2. The van der Waals surface area contributed by atoms with Crippen LogP contribution in [0.15, 0.2) is 36.4 Å². The first-order chi connectivity index (χ1) is 9.56. The van der Waals surface area contributed by atoms with Gasteiger partial charge < -0.3 is 15.2 Å². The van der Waals surface area contributed by atoms with Crippen LogP contribution in [-0.4, -0.2) is 29.2 Å². The van der Waals surface area contributed by atoms with Gasteiger partial charge in [0, 0.05) is 9.26 Å². The highest BCUT2D eigenvalue weighted by molar-refractivity contribution is 14.1. The van der Waals surface area contributed by atoms with E-state index in [1.165, 1.54) is 0 Å². The molecule has 1 aromatic carbocycles. The molecule has 2 aliphatic rings. The van der Waals surface area contributed by atoms with Crippen molar-refractivity contribution in [2.75, 3.05) is 5.32 Å². The third kappa shape index (κ3) is 2.33. The predicted molar refractivity (Wildman–Crippen MR) is 80.2 cm³/mol. The monoisotopic (exact) mass is 385 g/mol. The van der Waals surface area contributed by atoms with Gasteiger partial charge in [-0.1, -0.05) is 12.2 Å². The van der Waals surface area contributed by atoms with Crippen molar-refractivity contribution in [2.24, 2.45) is 11.8 Å². The molecule has 4 atom stereocenters. The van der Waals surface area contributed by atoms with Crippen LogP contribution < -0.4 is 5.32 Å². The number of amides is 1. The lowest BCUT2D eigenvalue weighted by atomic mass is 9.82. The Kier molecular flexibility index (Phi) is 3.51. The molecule has 0 aliphatic carbocycles. The number of halogens is 1. The van der Waals surface area contributed by atoms with Crippen LogP contribution in [0.5, 0.6) is 0 Å². The van der Waals surface area contributed by atoms with Crippen molar-refractivity contribution in [3.63, 3.8) is 0 Å². The van der Waals surface area contributed by atoms with E-state index in [1.54, 1.807) is 24.3 Å². The molecule has 0 aromatic heterocycles. The van der Waals surface area contributed by atoms with Crippen LogP contribution in [0.25, 0.3) is 0 Å². The zero-order chi connectivity index (χ0) is 14.3. The van der Waals surface area contributed by atoms with Crippen molar-refractivity contribution in [3.8, 4) is 0 Å². The third-order valence-electron chi connectivity index (χ3n) is 3.60.